The predicted octanol–water partition coefficient (Wildman–Crippen LogP) is 0.290. The number of aliphatic hydroxyl groups excluding tert-OH is 1. The third kappa shape index (κ3) is 7.15. The molecule has 13 nitrogen and oxygen atoms in total. The number of likely N-dealkylation sites (tertiary alicyclic amines) is 1. The van der Waals surface area contributed by atoms with Gasteiger partial charge in [0.25, 0.3) is 0 Å². The quantitative estimate of drug-likeness (QED) is 0.132. The largest absolute Gasteiger partial charge is 0.454 e. The topological polar surface area (TPSA) is 192 Å². The van der Waals surface area contributed by atoms with Crippen molar-refractivity contribution in [2.75, 3.05) is 32.2 Å². The van der Waals surface area contributed by atoms with Crippen molar-refractivity contribution in [2.24, 2.45) is 5.14 Å². The molecule has 16 heteroatoms. The summed E-state index contributed by atoms with van der Waals surface area (Å²) in [5.74, 6) is 8.28. The number of imidazole rings is 1. The number of halogens is 2. The van der Waals surface area contributed by atoms with Gasteiger partial charge in [-0.15, -0.1) is 0 Å². The molecule has 1 fully saturated rings. The van der Waals surface area contributed by atoms with Crippen LogP contribution in [0.4, 0.5) is 10.2 Å². The first kappa shape index (κ1) is 27.2. The summed E-state index contributed by atoms with van der Waals surface area (Å²) in [6.45, 7) is 2.49. The maximum atomic E-state index is 13.9. The zero-order valence-electron chi connectivity index (χ0n) is 19.3. The average Bonchev–Trinajstić information content (AvgIpc) is 3.50. The summed E-state index contributed by atoms with van der Waals surface area (Å²) < 4.78 is 52.8. The average molecular weight is 647 g/mol. The van der Waals surface area contributed by atoms with E-state index in [0.29, 0.717) is 48.0 Å². The van der Waals surface area contributed by atoms with E-state index in [1.54, 1.807) is 4.57 Å². The fourth-order valence-corrected chi connectivity index (χ4v) is 4.49. The SMILES string of the molecule is NS(=O)(=O)O.Nc1nc(F)nc2c1nc(Cc1cc3c(cc1I)OCO3)n2CC#CCN1CCC(O)C1. The molecule has 5 rings (SSSR count). The minimum atomic E-state index is -4.17. The molecular formula is C21H23FIN7O6S. The van der Waals surface area contributed by atoms with Crippen molar-refractivity contribution in [2.45, 2.75) is 25.5 Å². The van der Waals surface area contributed by atoms with Crippen LogP contribution in [0.1, 0.15) is 17.8 Å². The first-order valence-electron chi connectivity index (χ1n) is 10.9. The summed E-state index contributed by atoms with van der Waals surface area (Å²) in [6.07, 6.45) is 0.0284. The standard InChI is InChI=1S/C21H20FIN6O3.H3NO3S/c22-21-26-19(24)18-20(27-21)29(5-2-1-4-28-6-3-13(30)10-28)17(25-18)8-12-7-15-16(9-14(12)23)32-11-31-15;1-5(2,3)4/h7,9,13,30H,3-6,8,10-11H2,(H2,24,26,27);(H3,1,2,3,4). The molecule has 1 saturated heterocycles. The number of aliphatic hydroxyl groups is 1. The number of nitrogens with zero attached hydrogens (tertiary/aromatic N) is 5. The Morgan fingerprint density at radius 1 is 1.19 bits per heavy atom. The van der Waals surface area contributed by atoms with E-state index in [-0.39, 0.29) is 25.3 Å². The van der Waals surface area contributed by atoms with Gasteiger partial charge >= 0.3 is 16.4 Å². The number of ether oxygens (including phenoxy) is 2. The van der Waals surface area contributed by atoms with Gasteiger partial charge in [0.2, 0.25) is 6.79 Å². The van der Waals surface area contributed by atoms with E-state index in [2.05, 4.69) is 59.4 Å². The number of hydrogen-bond donors (Lipinski definition) is 4. The van der Waals surface area contributed by atoms with Crippen molar-refractivity contribution in [3.8, 4) is 23.3 Å². The van der Waals surface area contributed by atoms with E-state index < -0.39 is 16.4 Å². The van der Waals surface area contributed by atoms with Crippen LogP contribution in [0.15, 0.2) is 12.1 Å². The number of rotatable bonds is 4. The second kappa shape index (κ2) is 11.3. The lowest BCUT2D eigenvalue weighted by Gasteiger charge is -2.10. The minimum Gasteiger partial charge on any atom is -0.454 e. The molecule has 4 heterocycles. The Balaban J connectivity index is 0.000000586. The highest BCUT2D eigenvalue weighted by atomic mass is 127. The van der Waals surface area contributed by atoms with E-state index in [1.807, 2.05) is 12.1 Å². The molecule has 6 N–H and O–H groups in total. The predicted molar refractivity (Wildman–Crippen MR) is 138 cm³/mol. The third-order valence-electron chi connectivity index (χ3n) is 5.48. The van der Waals surface area contributed by atoms with Gasteiger partial charge in [-0.05, 0) is 46.7 Å². The van der Waals surface area contributed by atoms with Crippen molar-refractivity contribution in [1.29, 1.82) is 0 Å². The maximum absolute atomic E-state index is 13.9. The molecule has 0 saturated carbocycles. The van der Waals surface area contributed by atoms with Gasteiger partial charge < -0.3 is 24.9 Å². The molecule has 37 heavy (non-hydrogen) atoms. The Labute approximate surface area is 225 Å². The molecule has 1 unspecified atom stereocenters. The van der Waals surface area contributed by atoms with Gasteiger partial charge in [-0.3, -0.25) is 9.45 Å². The second-order valence-corrected chi connectivity index (χ2v) is 10.4. The van der Waals surface area contributed by atoms with Crippen LogP contribution >= 0.6 is 22.6 Å². The Hall–Kier alpha value is -2.82. The van der Waals surface area contributed by atoms with Crippen molar-refractivity contribution in [1.82, 2.24) is 24.4 Å². The van der Waals surface area contributed by atoms with Gasteiger partial charge in [0.1, 0.15) is 5.82 Å². The normalized spacial score (nSPS) is 16.8. The number of nitrogen functional groups attached to an aromatic ring is 1. The van der Waals surface area contributed by atoms with Crippen molar-refractivity contribution >= 4 is 49.9 Å². The summed E-state index contributed by atoms with van der Waals surface area (Å²) >= 11 is 2.24. The molecule has 2 aliphatic heterocycles. The zero-order chi connectivity index (χ0) is 26.7. The van der Waals surface area contributed by atoms with Crippen LogP contribution in [0, 0.1) is 21.5 Å². The minimum absolute atomic E-state index is 0.00750. The van der Waals surface area contributed by atoms with Gasteiger partial charge in [0.05, 0.1) is 19.2 Å². The molecular weight excluding hydrogens is 624 g/mol. The van der Waals surface area contributed by atoms with Crippen molar-refractivity contribution in [3.05, 3.63) is 33.2 Å². The Morgan fingerprint density at radius 2 is 1.86 bits per heavy atom. The summed E-state index contributed by atoms with van der Waals surface area (Å²) in [7, 11) is -4.17. The molecule has 0 spiro atoms. The molecule has 2 aromatic heterocycles. The number of nitrogens with two attached hydrogens (primary N) is 2. The summed E-state index contributed by atoms with van der Waals surface area (Å²) in [4.78, 5) is 14.2. The number of hydrogen-bond acceptors (Lipinski definition) is 10. The lowest BCUT2D eigenvalue weighted by atomic mass is 10.1. The van der Waals surface area contributed by atoms with E-state index in [0.717, 1.165) is 22.1 Å². The van der Waals surface area contributed by atoms with Crippen LogP contribution in [0.5, 0.6) is 11.5 Å². The fourth-order valence-electron chi connectivity index (χ4n) is 3.86. The van der Waals surface area contributed by atoms with Gasteiger partial charge in [-0.2, -0.15) is 22.8 Å². The van der Waals surface area contributed by atoms with Crippen LogP contribution < -0.4 is 20.3 Å². The van der Waals surface area contributed by atoms with Gasteiger partial charge in [0, 0.05) is 23.1 Å². The Kier molecular flexibility index (Phi) is 8.30. The van der Waals surface area contributed by atoms with E-state index >= 15 is 0 Å². The number of fused-ring (bicyclic) bond motifs is 2. The molecule has 1 aromatic carbocycles. The van der Waals surface area contributed by atoms with Crippen LogP contribution in [-0.4, -0.2) is 75.0 Å². The van der Waals surface area contributed by atoms with Gasteiger partial charge in [-0.25, -0.2) is 10.1 Å². The molecule has 198 valence electrons. The van der Waals surface area contributed by atoms with Crippen LogP contribution in [0.2, 0.25) is 0 Å². The van der Waals surface area contributed by atoms with Crippen LogP contribution in [0.3, 0.4) is 0 Å². The number of β-amino-alcohol motifs (C(OH)–C–C–N with tert-alkyl or cyclic N) is 1. The number of anilines is 1. The molecule has 0 bridgehead atoms. The van der Waals surface area contributed by atoms with Crippen LogP contribution in [0.25, 0.3) is 11.2 Å². The van der Waals surface area contributed by atoms with Crippen LogP contribution in [-0.2, 0) is 23.3 Å². The van der Waals surface area contributed by atoms with Crippen molar-refractivity contribution in [3.63, 3.8) is 0 Å². The number of aromatic nitrogens is 4. The third-order valence-corrected chi connectivity index (χ3v) is 6.48. The monoisotopic (exact) mass is 647 g/mol. The summed E-state index contributed by atoms with van der Waals surface area (Å²) in [6, 6.07) is 3.84. The highest BCUT2D eigenvalue weighted by molar-refractivity contribution is 14.1. The van der Waals surface area contributed by atoms with E-state index in [4.69, 9.17) is 28.2 Å². The first-order valence-corrected chi connectivity index (χ1v) is 13.4. The number of benzene rings is 1. The zero-order valence-corrected chi connectivity index (χ0v) is 22.2. The lowest BCUT2D eigenvalue weighted by molar-refractivity contribution is 0.174. The lowest BCUT2D eigenvalue weighted by Crippen LogP contribution is -2.22. The molecule has 2 aliphatic rings. The molecule has 1 atom stereocenters. The first-order chi connectivity index (χ1) is 17.5. The Morgan fingerprint density at radius 3 is 2.54 bits per heavy atom. The fraction of sp³-hybridized carbons (Fsp3) is 0.381. The molecule has 0 aliphatic carbocycles. The summed E-state index contributed by atoms with van der Waals surface area (Å²) in [5, 5.41) is 13.5. The maximum Gasteiger partial charge on any atom is 0.330 e. The van der Waals surface area contributed by atoms with Gasteiger partial charge in [-0.1, -0.05) is 11.8 Å². The molecule has 0 radical (unpaired) electrons. The smallest absolute Gasteiger partial charge is 0.330 e. The van der Waals surface area contributed by atoms with E-state index in [1.165, 1.54) is 0 Å². The molecule has 0 amide bonds. The van der Waals surface area contributed by atoms with Crippen molar-refractivity contribution < 1.29 is 31.9 Å². The van der Waals surface area contributed by atoms with Gasteiger partial charge in [0.15, 0.2) is 28.5 Å². The Bertz CT molecular complexity index is 1480. The van der Waals surface area contributed by atoms with E-state index in [9.17, 15) is 9.50 Å². The highest BCUT2D eigenvalue weighted by Gasteiger charge is 2.21. The molecule has 3 aromatic rings. The second-order valence-electron chi connectivity index (χ2n) is 8.18. The highest BCUT2D eigenvalue weighted by Crippen LogP contribution is 2.36. The summed E-state index contributed by atoms with van der Waals surface area (Å²) in [5.41, 5.74) is 7.56.